The van der Waals surface area contributed by atoms with Crippen LogP contribution in [-0.4, -0.2) is 19.0 Å². The molecule has 0 saturated heterocycles. The highest BCUT2D eigenvalue weighted by atomic mass is 19.1. The number of hydrogen-bond donors (Lipinski definition) is 0. The second kappa shape index (κ2) is 8.64. The van der Waals surface area contributed by atoms with E-state index in [0.717, 1.165) is 0 Å². The van der Waals surface area contributed by atoms with E-state index in [1.807, 2.05) is 13.8 Å². The van der Waals surface area contributed by atoms with Crippen LogP contribution in [0.25, 0.3) is 0 Å². The zero-order valence-corrected chi connectivity index (χ0v) is 18.2. The molecule has 0 bridgehead atoms. The van der Waals surface area contributed by atoms with Gasteiger partial charge >= 0.3 is 11.9 Å². The summed E-state index contributed by atoms with van der Waals surface area (Å²) in [5.41, 5.74) is 1.27. The van der Waals surface area contributed by atoms with E-state index in [4.69, 9.17) is 9.47 Å². The number of benzene rings is 1. The van der Waals surface area contributed by atoms with Gasteiger partial charge in [0.05, 0.1) is 13.0 Å². The molecule has 1 aliphatic carbocycles. The molecule has 1 aliphatic rings. The minimum absolute atomic E-state index is 0.000546. The molecule has 0 heterocycles. The van der Waals surface area contributed by atoms with Gasteiger partial charge in [0, 0.05) is 16.7 Å². The van der Waals surface area contributed by atoms with Gasteiger partial charge in [0.2, 0.25) is 0 Å². The first-order chi connectivity index (χ1) is 13.5. The van der Waals surface area contributed by atoms with E-state index >= 15 is 0 Å². The van der Waals surface area contributed by atoms with Gasteiger partial charge in [-0.1, -0.05) is 33.8 Å². The molecule has 0 unspecified atom stereocenters. The van der Waals surface area contributed by atoms with Crippen LogP contribution >= 0.6 is 0 Å². The third-order valence-electron chi connectivity index (χ3n) is 6.08. The molecule has 6 heteroatoms. The van der Waals surface area contributed by atoms with Crippen molar-refractivity contribution in [3.05, 3.63) is 45.5 Å². The van der Waals surface area contributed by atoms with E-state index in [1.54, 1.807) is 26.8 Å². The fourth-order valence-corrected chi connectivity index (χ4v) is 4.08. The molecule has 1 aromatic carbocycles. The van der Waals surface area contributed by atoms with Gasteiger partial charge in [-0.15, -0.1) is 0 Å². The third-order valence-corrected chi connectivity index (χ3v) is 6.08. The molecule has 2 atom stereocenters. The van der Waals surface area contributed by atoms with Crippen molar-refractivity contribution in [2.24, 2.45) is 17.3 Å². The summed E-state index contributed by atoms with van der Waals surface area (Å²) in [4.78, 5) is 24.3. The lowest BCUT2D eigenvalue weighted by atomic mass is 9.93. The number of allylic oxidation sites excluding steroid dienone is 1. The molecule has 1 aromatic rings. The van der Waals surface area contributed by atoms with E-state index in [0.29, 0.717) is 35.1 Å². The zero-order chi connectivity index (χ0) is 22.1. The minimum atomic E-state index is -0.575. The first-order valence-electron chi connectivity index (χ1n) is 9.94. The summed E-state index contributed by atoms with van der Waals surface area (Å²) < 4.78 is 39.3. The molecule has 0 radical (unpaired) electrons. The Morgan fingerprint density at radius 1 is 1.07 bits per heavy atom. The summed E-state index contributed by atoms with van der Waals surface area (Å²) in [6.07, 6.45) is 2.49. The van der Waals surface area contributed by atoms with Crippen molar-refractivity contribution >= 4 is 11.9 Å². The van der Waals surface area contributed by atoms with E-state index in [-0.39, 0.29) is 23.5 Å². The molecule has 0 spiro atoms. The molecule has 0 aromatic heterocycles. The van der Waals surface area contributed by atoms with Crippen molar-refractivity contribution in [1.82, 2.24) is 0 Å². The van der Waals surface area contributed by atoms with Crippen molar-refractivity contribution in [3.8, 4) is 0 Å². The Morgan fingerprint density at radius 3 is 2.03 bits per heavy atom. The second-order valence-electron chi connectivity index (χ2n) is 8.17. The lowest BCUT2D eigenvalue weighted by molar-refractivity contribution is -0.147. The van der Waals surface area contributed by atoms with Crippen molar-refractivity contribution < 1.29 is 27.8 Å². The Balaban J connectivity index is 2.23. The molecular weight excluding hydrogens is 378 g/mol. The molecule has 29 heavy (non-hydrogen) atoms. The standard InChI is InChI=1S/C23H30F2O4/c1-8-14-16(15(9-2)20(25)13(4)19(14)24)11-29-22(27)18-17(23(18,5)6)10-12(3)21(26)28-7/h10,17-18H,8-9,11H2,1-7H3/b12-10+/t17-,18+/m1/s1. The van der Waals surface area contributed by atoms with Crippen molar-refractivity contribution in [2.75, 3.05) is 7.11 Å². The fraction of sp³-hybridized carbons (Fsp3) is 0.565. The van der Waals surface area contributed by atoms with E-state index < -0.39 is 29.5 Å². The van der Waals surface area contributed by atoms with Gasteiger partial charge in [-0.05, 0) is 49.1 Å². The van der Waals surface area contributed by atoms with Crippen molar-refractivity contribution in [2.45, 2.75) is 61.0 Å². The van der Waals surface area contributed by atoms with Gasteiger partial charge in [-0.2, -0.15) is 0 Å². The van der Waals surface area contributed by atoms with Crippen molar-refractivity contribution in [3.63, 3.8) is 0 Å². The second-order valence-corrected chi connectivity index (χ2v) is 8.17. The number of rotatable bonds is 7. The Hall–Kier alpha value is -2.24. The van der Waals surface area contributed by atoms with E-state index in [1.165, 1.54) is 14.0 Å². The molecular formula is C23H30F2O4. The summed E-state index contributed by atoms with van der Waals surface area (Å²) in [6, 6.07) is 0. The maximum Gasteiger partial charge on any atom is 0.333 e. The number of esters is 2. The quantitative estimate of drug-likeness (QED) is 0.479. The van der Waals surface area contributed by atoms with Gasteiger partial charge in [0.15, 0.2) is 0 Å². The highest BCUT2D eigenvalue weighted by molar-refractivity contribution is 5.88. The summed E-state index contributed by atoms with van der Waals surface area (Å²) in [5.74, 6) is -2.59. The van der Waals surface area contributed by atoms with E-state index in [9.17, 15) is 18.4 Å². The largest absolute Gasteiger partial charge is 0.466 e. The summed E-state index contributed by atoms with van der Waals surface area (Å²) in [6.45, 7) is 10.3. The first-order valence-corrected chi connectivity index (χ1v) is 9.94. The average Bonchev–Trinajstić information content (AvgIpc) is 3.23. The Labute approximate surface area is 171 Å². The van der Waals surface area contributed by atoms with Gasteiger partial charge in [0.1, 0.15) is 18.2 Å². The summed E-state index contributed by atoms with van der Waals surface area (Å²) in [5, 5.41) is 0. The van der Waals surface area contributed by atoms with Gasteiger partial charge in [-0.25, -0.2) is 13.6 Å². The number of carbonyl (C=O) groups is 2. The molecule has 0 amide bonds. The smallest absolute Gasteiger partial charge is 0.333 e. The number of halogens is 2. The van der Waals surface area contributed by atoms with Crippen LogP contribution in [0.3, 0.4) is 0 Å². The first kappa shape index (κ1) is 23.0. The van der Waals surface area contributed by atoms with Crippen LogP contribution in [-0.2, 0) is 38.5 Å². The van der Waals surface area contributed by atoms with Crippen LogP contribution in [0.4, 0.5) is 8.78 Å². The Kier molecular flexibility index (Phi) is 6.86. The predicted molar refractivity (Wildman–Crippen MR) is 106 cm³/mol. The molecule has 1 fully saturated rings. The third kappa shape index (κ3) is 4.21. The summed E-state index contributed by atoms with van der Waals surface area (Å²) in [7, 11) is 1.31. The normalized spacial score (nSPS) is 20.4. The van der Waals surface area contributed by atoms with E-state index in [2.05, 4.69) is 0 Å². The molecule has 4 nitrogen and oxygen atoms in total. The fourth-order valence-electron chi connectivity index (χ4n) is 4.08. The molecule has 0 aliphatic heterocycles. The number of hydrogen-bond acceptors (Lipinski definition) is 4. The molecule has 2 rings (SSSR count). The van der Waals surface area contributed by atoms with Crippen molar-refractivity contribution in [1.29, 1.82) is 0 Å². The predicted octanol–water partition coefficient (Wildman–Crippen LogP) is 4.83. The molecule has 1 saturated carbocycles. The topological polar surface area (TPSA) is 52.6 Å². The molecule has 0 N–H and O–H groups in total. The Bertz CT molecular complexity index is 824. The summed E-state index contributed by atoms with van der Waals surface area (Å²) >= 11 is 0. The minimum Gasteiger partial charge on any atom is -0.466 e. The van der Waals surface area contributed by atoms with Crippen LogP contribution in [0.1, 0.15) is 56.9 Å². The number of ether oxygens (including phenoxy) is 2. The average molecular weight is 408 g/mol. The van der Waals surface area contributed by atoms with Crippen LogP contribution < -0.4 is 0 Å². The maximum atomic E-state index is 14.5. The van der Waals surface area contributed by atoms with Crippen LogP contribution in [0, 0.1) is 35.8 Å². The van der Waals surface area contributed by atoms with Crippen LogP contribution in [0.2, 0.25) is 0 Å². The number of carbonyl (C=O) groups excluding carboxylic acids is 2. The highest BCUT2D eigenvalue weighted by Crippen LogP contribution is 2.60. The lowest BCUT2D eigenvalue weighted by Crippen LogP contribution is -2.15. The van der Waals surface area contributed by atoms with Crippen LogP contribution in [0.15, 0.2) is 11.6 Å². The maximum absolute atomic E-state index is 14.5. The highest BCUT2D eigenvalue weighted by Gasteiger charge is 2.61. The van der Waals surface area contributed by atoms with Gasteiger partial charge in [0.25, 0.3) is 0 Å². The zero-order valence-electron chi connectivity index (χ0n) is 18.2. The van der Waals surface area contributed by atoms with Gasteiger partial charge < -0.3 is 9.47 Å². The SMILES string of the molecule is CCc1c(F)c(C)c(F)c(CC)c1COC(=O)[C@@H]1[C@@H](/C=C(\C)C(=O)OC)C1(C)C. The monoisotopic (exact) mass is 408 g/mol. The lowest BCUT2D eigenvalue weighted by Gasteiger charge is -2.18. The van der Waals surface area contributed by atoms with Crippen LogP contribution in [0.5, 0.6) is 0 Å². The van der Waals surface area contributed by atoms with Gasteiger partial charge in [-0.3, -0.25) is 4.79 Å². The number of methoxy groups -OCH3 is 1. The Morgan fingerprint density at radius 2 is 1.59 bits per heavy atom. The molecule has 160 valence electrons.